The smallest absolute Gasteiger partial charge is 0.169 e. The lowest BCUT2D eigenvalue weighted by molar-refractivity contribution is 0.0967. The molecule has 0 amide bonds. The normalized spacial score (nSPS) is 22.2. The Morgan fingerprint density at radius 2 is 1.93 bits per heavy atom. The third-order valence-electron chi connectivity index (χ3n) is 2.52. The first-order valence-electron chi connectivity index (χ1n) is 4.60. The Hall–Kier alpha value is -0.730. The number of methoxy groups -OCH3 is 1. The highest BCUT2D eigenvalue weighted by molar-refractivity contribution is 6.52. The minimum absolute atomic E-state index is 0.00246. The molecule has 0 radical (unpaired) electrons. The average molecular weight is 245 g/mol. The van der Waals surface area contributed by atoms with Crippen LogP contribution in [0, 0.1) is 5.92 Å². The van der Waals surface area contributed by atoms with Gasteiger partial charge in [-0.1, -0.05) is 0 Å². The molecule has 0 bridgehead atoms. The fourth-order valence-electron chi connectivity index (χ4n) is 1.45. The third kappa shape index (κ3) is 2.11. The van der Waals surface area contributed by atoms with E-state index in [1.54, 1.807) is 31.4 Å². The number of benzene rings is 1. The zero-order valence-corrected chi connectivity index (χ0v) is 9.68. The van der Waals surface area contributed by atoms with Crippen molar-refractivity contribution in [1.29, 1.82) is 0 Å². The maximum Gasteiger partial charge on any atom is 0.169 e. The SMILES string of the molecule is COc1ccc(C(=O)C2CC2(Cl)Cl)cc1. The fourth-order valence-corrected chi connectivity index (χ4v) is 1.96. The summed E-state index contributed by atoms with van der Waals surface area (Å²) in [6.07, 6.45) is 0.543. The number of hydrogen-bond acceptors (Lipinski definition) is 2. The van der Waals surface area contributed by atoms with Crippen molar-refractivity contribution in [3.05, 3.63) is 29.8 Å². The Bertz CT molecular complexity index is 384. The largest absolute Gasteiger partial charge is 0.497 e. The maximum absolute atomic E-state index is 11.8. The van der Waals surface area contributed by atoms with E-state index in [-0.39, 0.29) is 11.7 Å². The van der Waals surface area contributed by atoms with Crippen LogP contribution in [0.2, 0.25) is 0 Å². The van der Waals surface area contributed by atoms with Crippen molar-refractivity contribution in [1.82, 2.24) is 0 Å². The Morgan fingerprint density at radius 3 is 2.33 bits per heavy atom. The van der Waals surface area contributed by atoms with Crippen LogP contribution in [0.3, 0.4) is 0 Å². The van der Waals surface area contributed by atoms with Crippen LogP contribution in [0.4, 0.5) is 0 Å². The number of carbonyl (C=O) groups excluding carboxylic acids is 1. The van der Waals surface area contributed by atoms with E-state index in [2.05, 4.69) is 0 Å². The van der Waals surface area contributed by atoms with Gasteiger partial charge in [-0.3, -0.25) is 4.79 Å². The Morgan fingerprint density at radius 1 is 1.40 bits per heavy atom. The quantitative estimate of drug-likeness (QED) is 0.604. The molecule has 0 heterocycles. The molecular weight excluding hydrogens is 235 g/mol. The highest BCUT2D eigenvalue weighted by Gasteiger charge is 2.56. The van der Waals surface area contributed by atoms with Crippen molar-refractivity contribution in [2.45, 2.75) is 10.8 Å². The van der Waals surface area contributed by atoms with Crippen molar-refractivity contribution < 1.29 is 9.53 Å². The van der Waals surface area contributed by atoms with Gasteiger partial charge >= 0.3 is 0 Å². The lowest BCUT2D eigenvalue weighted by Gasteiger charge is -2.02. The summed E-state index contributed by atoms with van der Waals surface area (Å²) in [6.45, 7) is 0. The summed E-state index contributed by atoms with van der Waals surface area (Å²) in [5.41, 5.74) is 0.629. The molecule has 0 aliphatic heterocycles. The van der Waals surface area contributed by atoms with Crippen LogP contribution in [0.25, 0.3) is 0 Å². The van der Waals surface area contributed by atoms with Crippen LogP contribution in [0.15, 0.2) is 24.3 Å². The predicted molar refractivity (Wildman–Crippen MR) is 59.9 cm³/mol. The van der Waals surface area contributed by atoms with Crippen molar-refractivity contribution in [3.8, 4) is 5.75 Å². The molecule has 2 rings (SSSR count). The Kier molecular flexibility index (Phi) is 2.65. The molecule has 80 valence electrons. The molecule has 1 aliphatic carbocycles. The number of ether oxygens (including phenoxy) is 1. The van der Waals surface area contributed by atoms with E-state index >= 15 is 0 Å². The monoisotopic (exact) mass is 244 g/mol. The van der Waals surface area contributed by atoms with Gasteiger partial charge in [0.1, 0.15) is 10.1 Å². The Labute approximate surface area is 98.1 Å². The molecule has 1 fully saturated rings. The molecule has 0 spiro atoms. The van der Waals surface area contributed by atoms with Gasteiger partial charge in [0.15, 0.2) is 5.78 Å². The zero-order chi connectivity index (χ0) is 11.1. The summed E-state index contributed by atoms with van der Waals surface area (Å²) in [7, 11) is 1.58. The number of halogens is 2. The topological polar surface area (TPSA) is 26.3 Å². The van der Waals surface area contributed by atoms with Gasteiger partial charge in [-0.25, -0.2) is 0 Å². The first-order chi connectivity index (χ1) is 7.04. The molecule has 0 N–H and O–H groups in total. The second-order valence-electron chi connectivity index (χ2n) is 3.61. The van der Waals surface area contributed by atoms with Crippen LogP contribution >= 0.6 is 23.2 Å². The fraction of sp³-hybridized carbons (Fsp3) is 0.364. The second kappa shape index (κ2) is 3.69. The molecule has 0 saturated heterocycles. The van der Waals surface area contributed by atoms with Crippen LogP contribution in [-0.4, -0.2) is 17.2 Å². The van der Waals surface area contributed by atoms with E-state index in [1.807, 2.05) is 0 Å². The molecule has 1 aliphatic rings. The summed E-state index contributed by atoms with van der Waals surface area (Å²) in [4.78, 5) is 11.8. The molecule has 4 heteroatoms. The first-order valence-corrected chi connectivity index (χ1v) is 5.36. The Balaban J connectivity index is 2.13. The van der Waals surface area contributed by atoms with Crippen molar-refractivity contribution in [2.75, 3.05) is 7.11 Å². The number of rotatable bonds is 3. The molecule has 15 heavy (non-hydrogen) atoms. The summed E-state index contributed by atoms with van der Waals surface area (Å²) in [5.74, 6) is 0.474. The molecule has 1 saturated carbocycles. The summed E-state index contributed by atoms with van der Waals surface area (Å²) in [6, 6.07) is 6.95. The van der Waals surface area contributed by atoms with Gasteiger partial charge in [0, 0.05) is 5.56 Å². The number of ketones is 1. The van der Waals surface area contributed by atoms with Gasteiger partial charge in [0.05, 0.1) is 13.0 Å². The molecule has 1 atom stereocenters. The van der Waals surface area contributed by atoms with E-state index in [1.165, 1.54) is 0 Å². The van der Waals surface area contributed by atoms with E-state index < -0.39 is 4.33 Å². The lowest BCUT2D eigenvalue weighted by Crippen LogP contribution is -2.06. The maximum atomic E-state index is 11.8. The van der Waals surface area contributed by atoms with Gasteiger partial charge in [-0.2, -0.15) is 0 Å². The number of alkyl halides is 2. The van der Waals surface area contributed by atoms with E-state index in [0.717, 1.165) is 5.75 Å². The van der Waals surface area contributed by atoms with Crippen molar-refractivity contribution in [2.24, 2.45) is 5.92 Å². The van der Waals surface area contributed by atoms with Crippen LogP contribution in [0.5, 0.6) is 5.75 Å². The van der Waals surface area contributed by atoms with Crippen LogP contribution < -0.4 is 4.74 Å². The summed E-state index contributed by atoms with van der Waals surface area (Å²) < 4.78 is 4.15. The van der Waals surface area contributed by atoms with Gasteiger partial charge in [-0.05, 0) is 30.7 Å². The molecule has 0 aromatic heterocycles. The minimum Gasteiger partial charge on any atom is -0.497 e. The molecule has 2 nitrogen and oxygen atoms in total. The first kappa shape index (κ1) is 10.8. The molecular formula is C11H10Cl2O2. The lowest BCUT2D eigenvalue weighted by atomic mass is 10.1. The van der Waals surface area contributed by atoms with Crippen molar-refractivity contribution >= 4 is 29.0 Å². The van der Waals surface area contributed by atoms with Gasteiger partial charge in [-0.15, -0.1) is 23.2 Å². The molecule has 1 aromatic rings. The highest BCUT2D eigenvalue weighted by atomic mass is 35.5. The number of carbonyl (C=O) groups is 1. The van der Waals surface area contributed by atoms with E-state index in [0.29, 0.717) is 12.0 Å². The second-order valence-corrected chi connectivity index (χ2v) is 5.15. The van der Waals surface area contributed by atoms with Crippen LogP contribution in [-0.2, 0) is 0 Å². The molecule has 1 aromatic carbocycles. The molecule has 1 unspecified atom stereocenters. The third-order valence-corrected chi connectivity index (χ3v) is 3.35. The van der Waals surface area contributed by atoms with E-state index in [9.17, 15) is 4.79 Å². The van der Waals surface area contributed by atoms with E-state index in [4.69, 9.17) is 27.9 Å². The number of hydrogen-bond donors (Lipinski definition) is 0. The van der Waals surface area contributed by atoms with Gasteiger partial charge in [0.2, 0.25) is 0 Å². The minimum atomic E-state index is -0.850. The van der Waals surface area contributed by atoms with Crippen molar-refractivity contribution in [3.63, 3.8) is 0 Å². The van der Waals surface area contributed by atoms with Crippen LogP contribution in [0.1, 0.15) is 16.8 Å². The average Bonchev–Trinajstić information content (AvgIpc) is 2.87. The standard InChI is InChI=1S/C11H10Cl2O2/c1-15-8-4-2-7(3-5-8)10(14)9-6-11(9,12)13/h2-5,9H,6H2,1H3. The summed E-state index contributed by atoms with van der Waals surface area (Å²) in [5, 5.41) is 0. The zero-order valence-electron chi connectivity index (χ0n) is 8.17. The highest BCUT2D eigenvalue weighted by Crippen LogP contribution is 2.54. The van der Waals surface area contributed by atoms with Gasteiger partial charge < -0.3 is 4.74 Å². The summed E-state index contributed by atoms with van der Waals surface area (Å²) >= 11 is 11.7. The van der Waals surface area contributed by atoms with Gasteiger partial charge in [0.25, 0.3) is 0 Å². The predicted octanol–water partition coefficient (Wildman–Crippen LogP) is 3.07. The number of Topliss-reactive ketones (excluding diaryl/α,β-unsaturated/α-hetero) is 1.